The van der Waals surface area contributed by atoms with E-state index in [2.05, 4.69) is 27.6 Å². The van der Waals surface area contributed by atoms with E-state index >= 15 is 0 Å². The van der Waals surface area contributed by atoms with Crippen LogP contribution in [-0.4, -0.2) is 16.1 Å². The number of carboxylic acids is 1. The summed E-state index contributed by atoms with van der Waals surface area (Å²) in [5, 5.41) is 9.02. The third-order valence-corrected chi connectivity index (χ3v) is 3.30. The van der Waals surface area contributed by atoms with Crippen LogP contribution in [0.15, 0.2) is 36.5 Å². The lowest BCUT2D eigenvalue weighted by Gasteiger charge is -2.07. The van der Waals surface area contributed by atoms with Gasteiger partial charge in [-0.25, -0.2) is 9.78 Å². The van der Waals surface area contributed by atoms with Crippen molar-refractivity contribution in [1.82, 2.24) is 4.98 Å². The fourth-order valence-corrected chi connectivity index (χ4v) is 1.96. The average molecular weight is 376 g/mol. The van der Waals surface area contributed by atoms with Crippen molar-refractivity contribution in [3.63, 3.8) is 0 Å². The van der Waals surface area contributed by atoms with Gasteiger partial charge in [-0.05, 0) is 34.7 Å². The molecule has 0 amide bonds. The van der Waals surface area contributed by atoms with Gasteiger partial charge in [0.15, 0.2) is 0 Å². The van der Waals surface area contributed by atoms with Gasteiger partial charge in [-0.3, -0.25) is 0 Å². The molecule has 2 aromatic rings. The number of aromatic nitrogens is 1. The van der Waals surface area contributed by atoms with Crippen LogP contribution in [-0.2, 0) is 0 Å². The minimum Gasteiger partial charge on any atom is -0.478 e. The van der Waals surface area contributed by atoms with Crippen LogP contribution in [0.1, 0.15) is 10.4 Å². The summed E-state index contributed by atoms with van der Waals surface area (Å²) in [6.07, 6.45) is 1.26. The maximum absolute atomic E-state index is 10.9. The van der Waals surface area contributed by atoms with Crippen molar-refractivity contribution < 1.29 is 14.6 Å². The molecule has 0 unspecified atom stereocenters. The fraction of sp³-hybridized carbons (Fsp3) is 0. The highest BCUT2D eigenvalue weighted by Crippen LogP contribution is 2.27. The SMILES string of the molecule is O=C(O)c1cc(Oc2ccccc2I)ncc1Cl. The highest BCUT2D eigenvalue weighted by Gasteiger charge is 2.12. The molecule has 0 spiro atoms. The molecular weight excluding hydrogens is 368 g/mol. The molecule has 2 rings (SSSR count). The van der Waals surface area contributed by atoms with Crippen LogP contribution < -0.4 is 4.74 Å². The van der Waals surface area contributed by atoms with E-state index in [-0.39, 0.29) is 16.5 Å². The van der Waals surface area contributed by atoms with Crippen LogP contribution in [0.25, 0.3) is 0 Å². The molecule has 0 radical (unpaired) electrons. The van der Waals surface area contributed by atoms with Gasteiger partial charge in [0.25, 0.3) is 0 Å². The number of carboxylic acid groups (broad SMARTS) is 1. The molecular formula is C12H7ClINO3. The summed E-state index contributed by atoms with van der Waals surface area (Å²) in [6.45, 7) is 0. The van der Waals surface area contributed by atoms with Crippen LogP contribution in [0.4, 0.5) is 0 Å². The third-order valence-electron chi connectivity index (χ3n) is 2.11. The molecule has 1 aromatic carbocycles. The highest BCUT2D eigenvalue weighted by atomic mass is 127. The van der Waals surface area contributed by atoms with Crippen LogP contribution in [0.2, 0.25) is 5.02 Å². The zero-order valence-electron chi connectivity index (χ0n) is 8.93. The lowest BCUT2D eigenvalue weighted by Crippen LogP contribution is -1.99. The van der Waals surface area contributed by atoms with Crippen LogP contribution in [0.5, 0.6) is 11.6 Å². The van der Waals surface area contributed by atoms with Crippen molar-refractivity contribution in [3.05, 3.63) is 50.7 Å². The first-order chi connectivity index (χ1) is 8.58. The van der Waals surface area contributed by atoms with E-state index in [1.165, 1.54) is 12.3 Å². The van der Waals surface area contributed by atoms with Crippen molar-refractivity contribution in [2.45, 2.75) is 0 Å². The molecule has 0 fully saturated rings. The zero-order chi connectivity index (χ0) is 13.1. The van der Waals surface area contributed by atoms with Gasteiger partial charge in [-0.1, -0.05) is 23.7 Å². The number of aromatic carboxylic acids is 1. The first kappa shape index (κ1) is 13.1. The molecule has 6 heteroatoms. The molecule has 0 aliphatic heterocycles. The number of halogens is 2. The zero-order valence-corrected chi connectivity index (χ0v) is 11.8. The smallest absolute Gasteiger partial charge is 0.337 e. The number of ether oxygens (including phenoxy) is 1. The Balaban J connectivity index is 2.33. The maximum atomic E-state index is 10.9. The number of benzene rings is 1. The Hall–Kier alpha value is -1.34. The number of nitrogens with zero attached hydrogens (tertiary/aromatic N) is 1. The minimum absolute atomic E-state index is 0.0346. The number of rotatable bonds is 3. The van der Waals surface area contributed by atoms with Crippen LogP contribution in [0.3, 0.4) is 0 Å². The van der Waals surface area contributed by atoms with Gasteiger partial charge in [-0.2, -0.15) is 0 Å². The Kier molecular flexibility index (Phi) is 4.03. The minimum atomic E-state index is -1.12. The summed E-state index contributed by atoms with van der Waals surface area (Å²) in [7, 11) is 0. The Morgan fingerprint density at radius 3 is 2.78 bits per heavy atom. The number of hydrogen-bond donors (Lipinski definition) is 1. The highest BCUT2D eigenvalue weighted by molar-refractivity contribution is 14.1. The van der Waals surface area contributed by atoms with Gasteiger partial charge in [0.1, 0.15) is 5.75 Å². The van der Waals surface area contributed by atoms with Gasteiger partial charge in [-0.15, -0.1) is 0 Å². The normalized spacial score (nSPS) is 10.1. The van der Waals surface area contributed by atoms with E-state index in [1.807, 2.05) is 18.2 Å². The van der Waals surface area contributed by atoms with Gasteiger partial charge in [0, 0.05) is 6.07 Å². The van der Waals surface area contributed by atoms with Crippen molar-refractivity contribution in [1.29, 1.82) is 0 Å². The van der Waals surface area contributed by atoms with E-state index in [4.69, 9.17) is 21.4 Å². The van der Waals surface area contributed by atoms with Crippen molar-refractivity contribution in [2.24, 2.45) is 0 Å². The Morgan fingerprint density at radius 1 is 1.39 bits per heavy atom. The summed E-state index contributed by atoms with van der Waals surface area (Å²) in [5.74, 6) is -0.305. The summed E-state index contributed by atoms with van der Waals surface area (Å²) >= 11 is 7.85. The number of hydrogen-bond acceptors (Lipinski definition) is 3. The predicted molar refractivity (Wildman–Crippen MR) is 75.4 cm³/mol. The van der Waals surface area contributed by atoms with E-state index in [0.29, 0.717) is 5.75 Å². The number of pyridine rings is 1. The Labute approximate surface area is 122 Å². The molecule has 1 aromatic heterocycles. The van der Waals surface area contributed by atoms with E-state index in [9.17, 15) is 4.79 Å². The lowest BCUT2D eigenvalue weighted by atomic mass is 10.3. The summed E-state index contributed by atoms with van der Waals surface area (Å²) in [5.41, 5.74) is -0.0346. The van der Waals surface area contributed by atoms with Gasteiger partial charge in [0.05, 0.1) is 20.4 Å². The average Bonchev–Trinajstić information content (AvgIpc) is 2.34. The quantitative estimate of drug-likeness (QED) is 0.828. The molecule has 0 saturated carbocycles. The van der Waals surface area contributed by atoms with Crippen molar-refractivity contribution >= 4 is 40.2 Å². The first-order valence-electron chi connectivity index (χ1n) is 4.89. The summed E-state index contributed by atoms with van der Waals surface area (Å²) < 4.78 is 6.42. The van der Waals surface area contributed by atoms with E-state index in [1.54, 1.807) is 6.07 Å². The molecule has 1 heterocycles. The monoisotopic (exact) mass is 375 g/mol. The predicted octanol–water partition coefficient (Wildman–Crippen LogP) is 3.83. The maximum Gasteiger partial charge on any atom is 0.337 e. The van der Waals surface area contributed by atoms with Gasteiger partial charge < -0.3 is 9.84 Å². The second kappa shape index (κ2) is 5.53. The largest absolute Gasteiger partial charge is 0.478 e. The molecule has 4 nitrogen and oxygen atoms in total. The second-order valence-corrected chi connectivity index (χ2v) is 4.91. The third kappa shape index (κ3) is 2.91. The Morgan fingerprint density at radius 2 is 2.11 bits per heavy atom. The summed E-state index contributed by atoms with van der Waals surface area (Å²) in [4.78, 5) is 14.9. The topological polar surface area (TPSA) is 59.4 Å². The molecule has 0 bridgehead atoms. The molecule has 1 N–H and O–H groups in total. The van der Waals surface area contributed by atoms with Crippen LogP contribution >= 0.6 is 34.2 Å². The molecule has 0 aliphatic carbocycles. The van der Waals surface area contributed by atoms with Crippen molar-refractivity contribution in [3.8, 4) is 11.6 Å². The molecule has 0 atom stereocenters. The van der Waals surface area contributed by atoms with Gasteiger partial charge >= 0.3 is 5.97 Å². The first-order valence-corrected chi connectivity index (χ1v) is 6.35. The number of carbonyl (C=O) groups is 1. The van der Waals surface area contributed by atoms with Gasteiger partial charge in [0.2, 0.25) is 5.88 Å². The lowest BCUT2D eigenvalue weighted by molar-refractivity contribution is 0.0696. The molecule has 0 saturated heterocycles. The summed E-state index contributed by atoms with van der Waals surface area (Å²) in [6, 6.07) is 8.66. The molecule has 0 aliphatic rings. The van der Waals surface area contributed by atoms with E-state index < -0.39 is 5.97 Å². The standard InChI is InChI=1S/C12H7ClINO3/c13-8-6-15-11(5-7(8)12(16)17)18-10-4-2-1-3-9(10)14/h1-6H,(H,16,17). The Bertz CT molecular complexity index is 604. The molecule has 92 valence electrons. The second-order valence-electron chi connectivity index (χ2n) is 3.34. The van der Waals surface area contributed by atoms with Crippen molar-refractivity contribution in [2.75, 3.05) is 0 Å². The van der Waals surface area contributed by atoms with Crippen LogP contribution in [0, 0.1) is 3.57 Å². The van der Waals surface area contributed by atoms with E-state index in [0.717, 1.165) is 3.57 Å². The number of para-hydroxylation sites is 1. The molecule has 18 heavy (non-hydrogen) atoms. The fourth-order valence-electron chi connectivity index (χ4n) is 1.28.